The van der Waals surface area contributed by atoms with Crippen LogP contribution in [0.25, 0.3) is 0 Å². The van der Waals surface area contributed by atoms with Gasteiger partial charge in [-0.05, 0) is 19.4 Å². The zero-order valence-electron chi connectivity index (χ0n) is 12.9. The molecule has 1 atom stereocenters. The van der Waals surface area contributed by atoms with Gasteiger partial charge in [0, 0.05) is 71.8 Å². The summed E-state index contributed by atoms with van der Waals surface area (Å²) >= 11 is 0. The van der Waals surface area contributed by atoms with Crippen LogP contribution in [0.5, 0.6) is 0 Å². The van der Waals surface area contributed by atoms with Gasteiger partial charge in [-0.2, -0.15) is 0 Å². The van der Waals surface area contributed by atoms with E-state index in [-0.39, 0.29) is 36.9 Å². The van der Waals surface area contributed by atoms with Gasteiger partial charge in [0.05, 0.1) is 6.04 Å². The van der Waals surface area contributed by atoms with E-state index in [9.17, 15) is 4.79 Å². The number of rotatable bonds is 1. The summed E-state index contributed by atoms with van der Waals surface area (Å²) in [5.41, 5.74) is 0. The molecular formula is C13H29N5O2Zn. The topological polar surface area (TPSA) is 99.9 Å². The fourth-order valence-corrected chi connectivity index (χ4v) is 2.60. The van der Waals surface area contributed by atoms with Crippen LogP contribution in [0.2, 0.25) is 0 Å². The number of amides is 1. The summed E-state index contributed by atoms with van der Waals surface area (Å²) in [6.07, 6.45) is 2.10. The molecule has 0 aliphatic carbocycles. The van der Waals surface area contributed by atoms with Gasteiger partial charge in [0.15, 0.2) is 0 Å². The molecule has 0 spiro atoms. The van der Waals surface area contributed by atoms with Crippen molar-refractivity contribution in [3.63, 3.8) is 0 Å². The van der Waals surface area contributed by atoms with Crippen molar-refractivity contribution < 1.29 is 29.7 Å². The van der Waals surface area contributed by atoms with E-state index in [0.29, 0.717) is 0 Å². The Kier molecular flexibility index (Phi) is 12.4. The largest absolute Gasteiger partial charge is 0.412 e. The first-order valence-corrected chi connectivity index (χ1v) is 7.52. The van der Waals surface area contributed by atoms with Gasteiger partial charge in [-0.25, -0.2) is 0 Å². The third-order valence-electron chi connectivity index (χ3n) is 3.74. The number of carbonyl (C=O) groups excluding carboxylic acids is 1. The molecule has 2 saturated heterocycles. The van der Waals surface area contributed by atoms with Crippen LogP contribution in [-0.4, -0.2) is 81.2 Å². The fraction of sp³-hybridized carbons (Fsp3) is 0.923. The van der Waals surface area contributed by atoms with Gasteiger partial charge in [-0.3, -0.25) is 4.79 Å². The van der Waals surface area contributed by atoms with Crippen molar-refractivity contribution in [1.29, 1.82) is 0 Å². The fourth-order valence-electron chi connectivity index (χ4n) is 2.60. The standard InChI is InChI=1S/C13H27N5O.H2O.Zn/c19-13(12-2-1-3-17-12)18-10-8-15-6-4-14-5-7-16-9-11-18;;/h12,14-17H,1-11H2;1H2;/t12-;;/m0../s1. The van der Waals surface area contributed by atoms with Crippen LogP contribution in [0.15, 0.2) is 0 Å². The Balaban J connectivity index is 0.00000200. The molecule has 0 radical (unpaired) electrons. The molecule has 0 bridgehead atoms. The predicted molar refractivity (Wildman–Crippen MR) is 79.8 cm³/mol. The zero-order valence-corrected chi connectivity index (χ0v) is 15.9. The molecule has 2 rings (SSSR count). The Morgan fingerprint density at radius 3 is 1.86 bits per heavy atom. The van der Waals surface area contributed by atoms with Crippen LogP contribution in [0, 0.1) is 0 Å². The number of nitrogens with zero attached hydrogens (tertiary/aromatic N) is 1. The van der Waals surface area contributed by atoms with Crippen LogP contribution in [0.3, 0.4) is 0 Å². The maximum atomic E-state index is 12.4. The first-order chi connectivity index (χ1) is 9.38. The Bertz CT molecular complexity index is 265. The van der Waals surface area contributed by atoms with Crippen molar-refractivity contribution in [3.05, 3.63) is 0 Å². The average Bonchev–Trinajstić information content (AvgIpc) is 2.92. The van der Waals surface area contributed by atoms with Gasteiger partial charge in [0.1, 0.15) is 0 Å². The molecular weight excluding hydrogens is 324 g/mol. The molecule has 7 nitrogen and oxygen atoms in total. The van der Waals surface area contributed by atoms with Gasteiger partial charge in [-0.15, -0.1) is 0 Å². The van der Waals surface area contributed by atoms with E-state index in [4.69, 9.17) is 0 Å². The average molecular weight is 353 g/mol. The van der Waals surface area contributed by atoms with E-state index in [1.54, 1.807) is 0 Å². The predicted octanol–water partition coefficient (Wildman–Crippen LogP) is -2.48. The number of hydrogen-bond donors (Lipinski definition) is 4. The number of hydrogen-bond acceptors (Lipinski definition) is 5. The van der Waals surface area contributed by atoms with Crippen LogP contribution in [0.4, 0.5) is 0 Å². The van der Waals surface area contributed by atoms with E-state index in [1.165, 1.54) is 0 Å². The first kappa shape index (κ1) is 20.9. The zero-order chi connectivity index (χ0) is 13.3. The number of carbonyl (C=O) groups is 1. The van der Waals surface area contributed by atoms with Crippen molar-refractivity contribution in [2.75, 3.05) is 58.9 Å². The molecule has 0 aromatic rings. The maximum absolute atomic E-state index is 12.4. The SMILES string of the molecule is O.O=C([C@@H]1CCCN1)N1CCNCCNCCNCC1.[Zn]. The molecule has 6 N–H and O–H groups in total. The van der Waals surface area contributed by atoms with Crippen molar-refractivity contribution in [2.45, 2.75) is 18.9 Å². The molecule has 120 valence electrons. The summed E-state index contributed by atoms with van der Waals surface area (Å²) in [6.45, 7) is 8.23. The minimum Gasteiger partial charge on any atom is -0.412 e. The van der Waals surface area contributed by atoms with E-state index in [2.05, 4.69) is 21.3 Å². The summed E-state index contributed by atoms with van der Waals surface area (Å²) in [5, 5.41) is 13.4. The summed E-state index contributed by atoms with van der Waals surface area (Å²) in [4.78, 5) is 14.4. The van der Waals surface area contributed by atoms with E-state index >= 15 is 0 Å². The number of nitrogens with one attached hydrogen (secondary N) is 4. The summed E-state index contributed by atoms with van der Waals surface area (Å²) < 4.78 is 0. The van der Waals surface area contributed by atoms with Gasteiger partial charge < -0.3 is 31.6 Å². The summed E-state index contributed by atoms with van der Waals surface area (Å²) in [7, 11) is 0. The van der Waals surface area contributed by atoms with E-state index < -0.39 is 0 Å². The third-order valence-corrected chi connectivity index (χ3v) is 3.74. The van der Waals surface area contributed by atoms with Crippen molar-refractivity contribution in [2.24, 2.45) is 0 Å². The molecule has 8 heteroatoms. The quantitative estimate of drug-likeness (QED) is 0.392. The molecule has 2 aliphatic rings. The normalized spacial score (nSPS) is 25.0. The molecule has 2 aliphatic heterocycles. The van der Waals surface area contributed by atoms with Crippen LogP contribution >= 0.6 is 0 Å². The van der Waals surface area contributed by atoms with Gasteiger partial charge in [-0.1, -0.05) is 0 Å². The smallest absolute Gasteiger partial charge is 0.239 e. The van der Waals surface area contributed by atoms with E-state index in [1.807, 2.05) is 4.90 Å². The monoisotopic (exact) mass is 351 g/mol. The minimum atomic E-state index is 0. The second-order valence-corrected chi connectivity index (χ2v) is 5.22. The second kappa shape index (κ2) is 12.4. The molecule has 0 unspecified atom stereocenters. The van der Waals surface area contributed by atoms with Crippen LogP contribution in [0.1, 0.15) is 12.8 Å². The Labute approximate surface area is 140 Å². The van der Waals surface area contributed by atoms with Crippen molar-refractivity contribution in [3.8, 4) is 0 Å². The molecule has 0 aromatic carbocycles. The van der Waals surface area contributed by atoms with Crippen molar-refractivity contribution in [1.82, 2.24) is 26.2 Å². The molecule has 2 fully saturated rings. The molecule has 1 amide bonds. The third kappa shape index (κ3) is 7.63. The first-order valence-electron chi connectivity index (χ1n) is 7.52. The molecule has 0 saturated carbocycles. The Hall–Kier alpha value is -0.107. The van der Waals surface area contributed by atoms with Crippen LogP contribution < -0.4 is 21.3 Å². The summed E-state index contributed by atoms with van der Waals surface area (Å²) in [5.74, 6) is 0.274. The summed E-state index contributed by atoms with van der Waals surface area (Å²) in [6, 6.07) is 0.0505. The molecule has 21 heavy (non-hydrogen) atoms. The van der Waals surface area contributed by atoms with Gasteiger partial charge in [0.2, 0.25) is 5.91 Å². The van der Waals surface area contributed by atoms with Crippen molar-refractivity contribution >= 4 is 5.91 Å². The Morgan fingerprint density at radius 2 is 1.38 bits per heavy atom. The molecule has 2 heterocycles. The van der Waals surface area contributed by atoms with Crippen LogP contribution in [-0.2, 0) is 24.3 Å². The van der Waals surface area contributed by atoms with Gasteiger partial charge >= 0.3 is 0 Å². The minimum absolute atomic E-state index is 0. The molecule has 0 aromatic heterocycles. The Morgan fingerprint density at radius 1 is 0.857 bits per heavy atom. The van der Waals surface area contributed by atoms with E-state index in [0.717, 1.165) is 71.7 Å². The maximum Gasteiger partial charge on any atom is 0.239 e. The van der Waals surface area contributed by atoms with Gasteiger partial charge in [0.25, 0.3) is 0 Å². The second-order valence-electron chi connectivity index (χ2n) is 5.22.